The van der Waals surface area contributed by atoms with Crippen molar-refractivity contribution in [2.75, 3.05) is 105 Å². The van der Waals surface area contributed by atoms with Crippen LogP contribution in [0.4, 0.5) is 0 Å². The number of carboxylic acids is 4. The van der Waals surface area contributed by atoms with Gasteiger partial charge in [0, 0.05) is 78.3 Å². The number of benzene rings is 1. The molecule has 0 bridgehead atoms. The number of carbonyl (C=O) groups is 14. The molecule has 1 heterocycles. The van der Waals surface area contributed by atoms with Crippen LogP contribution in [0.25, 0.3) is 0 Å². The summed E-state index contributed by atoms with van der Waals surface area (Å²) >= 11 is 0. The van der Waals surface area contributed by atoms with Gasteiger partial charge in [-0.3, -0.25) is 96.7 Å². The molecular formula is C65H111N21O18. The minimum atomic E-state index is -1.46. The molecule has 9 atom stereocenters. The highest BCUT2D eigenvalue weighted by atomic mass is 16.4. The number of aliphatic imine (C=N–C) groups is 2. The van der Waals surface area contributed by atoms with E-state index in [4.69, 9.17) is 34.4 Å². The van der Waals surface area contributed by atoms with Crippen molar-refractivity contribution in [2.45, 2.75) is 160 Å². The number of unbranched alkanes of at least 4 members (excludes halogenated alkanes) is 1. The first kappa shape index (κ1) is 90.2. The summed E-state index contributed by atoms with van der Waals surface area (Å²) < 4.78 is 0. The van der Waals surface area contributed by atoms with Gasteiger partial charge in [0.15, 0.2) is 11.9 Å². The Hall–Kier alpha value is -9.86. The largest absolute Gasteiger partial charge is 0.481 e. The number of amides is 10. The number of nitrogens with zero attached hydrogens (tertiary/aromatic N) is 6. The van der Waals surface area contributed by atoms with E-state index >= 15 is 0 Å². The van der Waals surface area contributed by atoms with Gasteiger partial charge in [-0.05, 0) is 88.7 Å². The maximum absolute atomic E-state index is 14.7. The van der Waals surface area contributed by atoms with Crippen LogP contribution < -0.4 is 82.3 Å². The topological polar surface area (TPSA) is 622 Å². The second-order valence-electron chi connectivity index (χ2n) is 25.9. The minimum Gasteiger partial charge on any atom is -0.481 e. The maximum atomic E-state index is 14.7. The predicted molar refractivity (Wildman–Crippen MR) is 381 cm³/mol. The van der Waals surface area contributed by atoms with Crippen LogP contribution in [0.1, 0.15) is 111 Å². The van der Waals surface area contributed by atoms with Gasteiger partial charge >= 0.3 is 23.9 Å². The first-order chi connectivity index (χ1) is 49.1. The van der Waals surface area contributed by atoms with E-state index in [1.54, 1.807) is 77.6 Å². The summed E-state index contributed by atoms with van der Waals surface area (Å²) in [6.07, 6.45) is -0.151. The molecule has 1 saturated heterocycles. The molecule has 584 valence electrons. The number of aliphatic carboxylic acids is 4. The van der Waals surface area contributed by atoms with Crippen LogP contribution in [0.2, 0.25) is 0 Å². The lowest BCUT2D eigenvalue weighted by atomic mass is 9.95. The molecule has 2 rings (SSSR count). The molecule has 39 nitrogen and oxygen atoms in total. The number of hydrogen-bond donors (Lipinski definition) is 19. The SMILES string of the molecule is CC[C@H](C)[C@H](NC(=O)[C@H](CC(C)C)NC(=O)[C@H](CCCN=C(N)N)NC(=O)[C@H](CCCN=C(N)N)NC(=O)[C@H](CCCCN)NC(=O)[C@H](C)NC(=O)CNC(=O)CN1CCN(CC(=O)O)CCN(CC(=O)O)CCN(CC(=O)O)CC1)C(=O)N[C@@H](Cc1ccccc1)C(=O)N[C@@H](CCC(=O)O)C(N)=O. The summed E-state index contributed by atoms with van der Waals surface area (Å²) in [4.78, 5) is 200. The Labute approximate surface area is 604 Å². The van der Waals surface area contributed by atoms with Gasteiger partial charge in [-0.2, -0.15) is 0 Å². The lowest BCUT2D eigenvalue weighted by Gasteiger charge is -2.32. The summed E-state index contributed by atoms with van der Waals surface area (Å²) in [5.41, 5.74) is 34.3. The molecule has 1 aromatic carbocycles. The van der Waals surface area contributed by atoms with Crippen molar-refractivity contribution >= 4 is 94.9 Å². The summed E-state index contributed by atoms with van der Waals surface area (Å²) in [5, 5.41) is 61.4. The number of carbonyl (C=O) groups excluding carboxylic acids is 10. The van der Waals surface area contributed by atoms with Gasteiger partial charge < -0.3 is 103 Å². The van der Waals surface area contributed by atoms with E-state index in [2.05, 4.69) is 57.8 Å². The van der Waals surface area contributed by atoms with E-state index in [1.165, 1.54) is 6.92 Å². The maximum Gasteiger partial charge on any atom is 0.317 e. The Morgan fingerprint density at radius 2 is 0.856 bits per heavy atom. The van der Waals surface area contributed by atoms with E-state index in [0.29, 0.717) is 18.4 Å². The van der Waals surface area contributed by atoms with Gasteiger partial charge in [-0.1, -0.05) is 64.4 Å². The second kappa shape index (κ2) is 48.9. The summed E-state index contributed by atoms with van der Waals surface area (Å²) in [7, 11) is 0. The lowest BCUT2D eigenvalue weighted by Crippen LogP contribution is -2.61. The molecule has 1 aliphatic rings. The van der Waals surface area contributed by atoms with E-state index in [9.17, 15) is 87.5 Å². The van der Waals surface area contributed by atoms with Crippen molar-refractivity contribution in [3.8, 4) is 0 Å². The molecule has 0 saturated carbocycles. The average molecular weight is 1470 g/mol. The zero-order chi connectivity index (χ0) is 78.0. The van der Waals surface area contributed by atoms with Gasteiger partial charge in [0.05, 0.1) is 32.7 Å². The number of guanidine groups is 2. The molecule has 1 aromatic rings. The van der Waals surface area contributed by atoms with Crippen molar-refractivity contribution < 1.29 is 87.5 Å². The Morgan fingerprint density at radius 3 is 1.27 bits per heavy atom. The number of nitrogens with two attached hydrogens (primary N) is 6. The summed E-state index contributed by atoms with van der Waals surface area (Å²) in [6.45, 7) is 7.46. The van der Waals surface area contributed by atoms with Crippen molar-refractivity contribution in [1.82, 2.24) is 67.5 Å². The van der Waals surface area contributed by atoms with E-state index in [1.807, 2.05) is 0 Å². The smallest absolute Gasteiger partial charge is 0.317 e. The zero-order valence-electron chi connectivity index (χ0n) is 60.1. The number of rotatable bonds is 47. The Balaban J connectivity index is 2.43. The third kappa shape index (κ3) is 38.4. The Bertz CT molecular complexity index is 3020. The fourth-order valence-corrected chi connectivity index (χ4v) is 10.8. The molecule has 39 heteroatoms. The van der Waals surface area contributed by atoms with Crippen LogP contribution in [0, 0.1) is 11.8 Å². The van der Waals surface area contributed by atoms with Crippen molar-refractivity contribution in [3.63, 3.8) is 0 Å². The first-order valence-electron chi connectivity index (χ1n) is 34.7. The fraction of sp³-hybridized carbons (Fsp3) is 0.662. The van der Waals surface area contributed by atoms with Crippen LogP contribution in [0.5, 0.6) is 0 Å². The van der Waals surface area contributed by atoms with Crippen molar-refractivity contribution in [2.24, 2.45) is 56.2 Å². The molecule has 0 spiro atoms. The van der Waals surface area contributed by atoms with E-state index < -0.39 is 150 Å². The minimum absolute atomic E-state index is 0.0105. The number of nitrogens with one attached hydrogen (secondary N) is 9. The molecule has 104 heavy (non-hydrogen) atoms. The van der Waals surface area contributed by atoms with Gasteiger partial charge in [0.25, 0.3) is 0 Å². The monoisotopic (exact) mass is 1470 g/mol. The molecule has 0 aliphatic carbocycles. The van der Waals surface area contributed by atoms with Gasteiger partial charge in [0.2, 0.25) is 59.1 Å². The van der Waals surface area contributed by atoms with Crippen molar-refractivity contribution in [1.29, 1.82) is 0 Å². The standard InChI is InChI=1S/C65H111N21O18/c1-6-40(4)55(63(104)81-48(33-42-14-8-7-9-15-42)61(102)76-43(56(67)97)19-20-51(89)90)82-62(103)47(32-39(2)3)80-60(101)46(18-13-23-73-65(70)71)79-59(100)45(17-12-22-72-64(68)69)78-58(99)44(16-10-11-21-66)77-57(98)41(5)75-49(87)34-74-50(88)35-83-24-26-84(36-52(91)92)28-30-86(38-54(95)96)31-29-85(27-25-83)37-53(93)94/h7-9,14-15,39-41,43-48,55H,6,10-13,16-38,66H2,1-5H3,(H2,67,97)(H,74,88)(H,75,87)(H,76,102)(H,77,98)(H,78,99)(H,79,100)(H,80,101)(H,81,104)(H,82,103)(H,89,90)(H,91,92)(H,93,94)(H,95,96)(H4,68,69,72)(H4,70,71,73)/t40-,41-,43-,44-,45-,46-,47-,48-,55-/m0/s1. The van der Waals surface area contributed by atoms with Crippen molar-refractivity contribution in [3.05, 3.63) is 35.9 Å². The van der Waals surface area contributed by atoms with Crippen LogP contribution in [0.3, 0.4) is 0 Å². The molecule has 0 aromatic heterocycles. The zero-order valence-corrected chi connectivity index (χ0v) is 60.1. The van der Waals surface area contributed by atoms with Crippen LogP contribution in [-0.4, -0.2) is 288 Å². The highest BCUT2D eigenvalue weighted by molar-refractivity contribution is 5.98. The Kier molecular flexibility index (Phi) is 42.4. The highest BCUT2D eigenvalue weighted by Gasteiger charge is 2.37. The highest BCUT2D eigenvalue weighted by Crippen LogP contribution is 2.15. The molecule has 0 radical (unpaired) electrons. The third-order valence-electron chi connectivity index (χ3n) is 16.7. The van der Waals surface area contributed by atoms with Gasteiger partial charge in [-0.25, -0.2) is 0 Å². The summed E-state index contributed by atoms with van der Waals surface area (Å²) in [6, 6.07) is -2.63. The molecular weight excluding hydrogens is 1360 g/mol. The van der Waals surface area contributed by atoms with Crippen LogP contribution >= 0.6 is 0 Å². The quantitative estimate of drug-likeness (QED) is 0.0164. The molecule has 1 fully saturated rings. The van der Waals surface area contributed by atoms with E-state index in [0.717, 1.165) is 0 Å². The number of primary amides is 1. The number of hydrogen-bond acceptors (Lipinski definition) is 21. The lowest BCUT2D eigenvalue weighted by molar-refractivity contribution is -0.140. The molecule has 10 amide bonds. The predicted octanol–water partition coefficient (Wildman–Crippen LogP) is -6.60. The molecule has 25 N–H and O–H groups in total. The molecule has 1 aliphatic heterocycles. The molecule has 0 unspecified atom stereocenters. The van der Waals surface area contributed by atoms with Gasteiger partial charge in [0.1, 0.15) is 48.3 Å². The summed E-state index contributed by atoms with van der Waals surface area (Å²) in [5.74, 6) is -14.6. The number of carboxylic acid groups (broad SMARTS) is 4. The van der Waals surface area contributed by atoms with E-state index in [-0.39, 0.29) is 174 Å². The normalized spacial score (nSPS) is 16.0. The van der Waals surface area contributed by atoms with Crippen LogP contribution in [-0.2, 0) is 73.5 Å². The van der Waals surface area contributed by atoms with Gasteiger partial charge in [-0.15, -0.1) is 0 Å². The fourth-order valence-electron chi connectivity index (χ4n) is 10.8. The average Bonchev–Trinajstić information content (AvgIpc) is 0.848. The Morgan fingerprint density at radius 1 is 0.452 bits per heavy atom. The second-order valence-corrected chi connectivity index (χ2v) is 25.9. The first-order valence-corrected chi connectivity index (χ1v) is 34.7. The third-order valence-corrected chi connectivity index (χ3v) is 16.7. The van der Waals surface area contributed by atoms with Crippen LogP contribution in [0.15, 0.2) is 40.3 Å².